The molecule has 3 heterocycles. The Labute approximate surface area is 218 Å². The number of likely N-dealkylation sites (tertiary alicyclic amines) is 1. The number of piperazine rings is 1. The summed E-state index contributed by atoms with van der Waals surface area (Å²) >= 11 is 0. The summed E-state index contributed by atoms with van der Waals surface area (Å²) in [6.45, 7) is 7.44. The summed E-state index contributed by atoms with van der Waals surface area (Å²) < 4.78 is 5.30. The zero-order chi connectivity index (χ0) is 25.8. The van der Waals surface area contributed by atoms with Gasteiger partial charge in [-0.3, -0.25) is 9.59 Å². The van der Waals surface area contributed by atoms with Crippen LogP contribution >= 0.6 is 0 Å². The number of piperidine rings is 1. The first-order chi connectivity index (χ1) is 18.0. The van der Waals surface area contributed by atoms with E-state index in [0.29, 0.717) is 11.3 Å². The van der Waals surface area contributed by atoms with Crippen LogP contribution in [-0.2, 0) is 0 Å². The van der Waals surface area contributed by atoms with Crippen molar-refractivity contribution in [1.29, 1.82) is 0 Å². The minimum absolute atomic E-state index is 0.112. The fourth-order valence-corrected chi connectivity index (χ4v) is 5.17. The van der Waals surface area contributed by atoms with Gasteiger partial charge in [-0.25, -0.2) is 0 Å². The molecule has 0 atom stereocenters. The number of para-hydroxylation sites is 1. The van der Waals surface area contributed by atoms with Crippen molar-refractivity contribution in [2.24, 2.45) is 0 Å². The maximum absolute atomic E-state index is 13.1. The van der Waals surface area contributed by atoms with Gasteiger partial charge in [-0.1, -0.05) is 18.2 Å². The Balaban J connectivity index is 1.34. The smallest absolute Gasteiger partial charge is 0.291 e. The Bertz CT molecular complexity index is 1230. The van der Waals surface area contributed by atoms with Gasteiger partial charge in [-0.2, -0.15) is 0 Å². The zero-order valence-electron chi connectivity index (χ0n) is 21.6. The summed E-state index contributed by atoms with van der Waals surface area (Å²) in [5.41, 5.74) is 4.58. The molecule has 0 unspecified atom stereocenters. The number of amides is 2. The van der Waals surface area contributed by atoms with E-state index in [-0.39, 0.29) is 23.6 Å². The van der Waals surface area contributed by atoms with Gasteiger partial charge in [0.15, 0.2) is 5.76 Å². The highest BCUT2D eigenvalue weighted by atomic mass is 16.3. The molecular formula is C29H35N5O3. The lowest BCUT2D eigenvalue weighted by atomic mass is 10.0. The summed E-state index contributed by atoms with van der Waals surface area (Å²) in [6.07, 6.45) is 3.35. The lowest BCUT2D eigenvalue weighted by Gasteiger charge is -2.38. The van der Waals surface area contributed by atoms with Crippen LogP contribution in [0.15, 0.2) is 65.3 Å². The van der Waals surface area contributed by atoms with Crippen molar-refractivity contribution in [3.8, 4) is 0 Å². The van der Waals surface area contributed by atoms with Crippen LogP contribution in [-0.4, -0.2) is 69.1 Å². The van der Waals surface area contributed by atoms with E-state index >= 15 is 0 Å². The fraction of sp³-hybridized carbons (Fsp3) is 0.379. The average Bonchev–Trinajstić information content (AvgIpc) is 3.46. The molecular weight excluding hydrogens is 466 g/mol. The van der Waals surface area contributed by atoms with Crippen molar-refractivity contribution in [3.05, 3.63) is 77.7 Å². The number of carbonyl (C=O) groups excluding carboxylic acids is 2. The molecule has 1 aromatic heterocycles. The Morgan fingerprint density at radius 3 is 2.22 bits per heavy atom. The van der Waals surface area contributed by atoms with Crippen molar-refractivity contribution >= 4 is 28.9 Å². The predicted octanol–water partition coefficient (Wildman–Crippen LogP) is 3.99. The summed E-state index contributed by atoms with van der Waals surface area (Å²) in [7, 11) is 2.10. The van der Waals surface area contributed by atoms with Crippen LogP contribution in [0.1, 0.15) is 39.3 Å². The first-order valence-electron chi connectivity index (χ1n) is 13.0. The van der Waals surface area contributed by atoms with Gasteiger partial charge in [0.05, 0.1) is 17.6 Å². The van der Waals surface area contributed by atoms with E-state index in [2.05, 4.69) is 63.6 Å². The fourth-order valence-electron chi connectivity index (χ4n) is 5.17. The third-order valence-corrected chi connectivity index (χ3v) is 7.38. The Morgan fingerprint density at radius 1 is 0.838 bits per heavy atom. The predicted molar refractivity (Wildman–Crippen MR) is 147 cm³/mol. The van der Waals surface area contributed by atoms with Crippen LogP contribution in [0.2, 0.25) is 0 Å². The molecule has 8 nitrogen and oxygen atoms in total. The lowest BCUT2D eigenvalue weighted by molar-refractivity contribution is 0.0915. The second-order valence-corrected chi connectivity index (χ2v) is 9.97. The van der Waals surface area contributed by atoms with E-state index in [1.807, 2.05) is 12.1 Å². The molecule has 2 amide bonds. The van der Waals surface area contributed by atoms with Crippen molar-refractivity contribution in [2.45, 2.75) is 25.8 Å². The van der Waals surface area contributed by atoms with E-state index in [1.54, 1.807) is 18.2 Å². The number of hydrogen-bond acceptors (Lipinski definition) is 6. The topological polar surface area (TPSA) is 81.1 Å². The van der Waals surface area contributed by atoms with E-state index < -0.39 is 0 Å². The second-order valence-electron chi connectivity index (χ2n) is 9.97. The van der Waals surface area contributed by atoms with Crippen LogP contribution in [0.4, 0.5) is 17.1 Å². The number of anilines is 3. The highest BCUT2D eigenvalue weighted by Gasteiger charge is 2.24. The van der Waals surface area contributed by atoms with Crippen LogP contribution in [0, 0.1) is 6.92 Å². The van der Waals surface area contributed by atoms with Crippen LogP contribution in [0.5, 0.6) is 0 Å². The highest BCUT2D eigenvalue weighted by molar-refractivity contribution is 6.05. The lowest BCUT2D eigenvalue weighted by Crippen LogP contribution is -2.47. The Kier molecular flexibility index (Phi) is 7.46. The standard InChI is InChI=1S/C29H35N5O3/c1-21-6-3-4-7-25(21)33-15-17-34(18-16-33)26-10-9-22(28(35)30-23-11-13-32(2)14-12-23)20-24(26)31-29(36)27-8-5-19-37-27/h3-10,19-20,23H,11-18H2,1-2H3,(H,30,35)(H,31,36). The van der Waals surface area contributed by atoms with E-state index in [1.165, 1.54) is 17.5 Å². The van der Waals surface area contributed by atoms with Gasteiger partial charge in [0.1, 0.15) is 0 Å². The van der Waals surface area contributed by atoms with Gasteiger partial charge in [0.2, 0.25) is 0 Å². The molecule has 8 heteroatoms. The number of benzene rings is 2. The molecule has 0 radical (unpaired) electrons. The third-order valence-electron chi connectivity index (χ3n) is 7.38. The van der Waals surface area contributed by atoms with Gasteiger partial charge in [-0.15, -0.1) is 0 Å². The van der Waals surface area contributed by atoms with E-state index in [9.17, 15) is 9.59 Å². The van der Waals surface area contributed by atoms with Gasteiger partial charge >= 0.3 is 0 Å². The van der Waals surface area contributed by atoms with Crippen molar-refractivity contribution in [3.63, 3.8) is 0 Å². The molecule has 2 N–H and O–H groups in total. The summed E-state index contributed by atoms with van der Waals surface area (Å²) in [5, 5.41) is 6.17. The molecule has 0 spiro atoms. The number of furan rings is 1. The van der Waals surface area contributed by atoms with E-state index in [4.69, 9.17) is 4.42 Å². The molecule has 194 valence electrons. The molecule has 2 fully saturated rings. The minimum Gasteiger partial charge on any atom is -0.459 e. The third kappa shape index (κ3) is 5.80. The highest BCUT2D eigenvalue weighted by Crippen LogP contribution is 2.30. The van der Waals surface area contributed by atoms with Gasteiger partial charge in [-0.05, 0) is 81.9 Å². The van der Waals surface area contributed by atoms with Gasteiger partial charge in [0.25, 0.3) is 11.8 Å². The first-order valence-corrected chi connectivity index (χ1v) is 13.0. The summed E-state index contributed by atoms with van der Waals surface area (Å²) in [5.74, 6) is -0.215. The van der Waals surface area contributed by atoms with Crippen molar-refractivity contribution < 1.29 is 14.0 Å². The number of carbonyl (C=O) groups is 2. The number of aryl methyl sites for hydroxylation is 1. The van der Waals surface area contributed by atoms with Crippen molar-refractivity contribution in [1.82, 2.24) is 10.2 Å². The average molecular weight is 502 g/mol. The van der Waals surface area contributed by atoms with Crippen molar-refractivity contribution in [2.75, 3.05) is 61.4 Å². The quantitative estimate of drug-likeness (QED) is 0.532. The monoisotopic (exact) mass is 501 g/mol. The summed E-state index contributed by atoms with van der Waals surface area (Å²) in [4.78, 5) is 32.9. The molecule has 0 bridgehead atoms. The van der Waals surface area contributed by atoms with Crippen LogP contribution < -0.4 is 20.4 Å². The second kappa shape index (κ2) is 11.1. The minimum atomic E-state index is -0.335. The molecule has 2 aliphatic heterocycles. The SMILES string of the molecule is Cc1ccccc1N1CCN(c2ccc(C(=O)NC3CCN(C)CC3)cc2NC(=O)c2ccco2)CC1. The largest absolute Gasteiger partial charge is 0.459 e. The Morgan fingerprint density at radius 2 is 1.54 bits per heavy atom. The molecule has 3 aromatic rings. The normalized spacial score (nSPS) is 17.0. The van der Waals surface area contributed by atoms with Crippen LogP contribution in [0.25, 0.3) is 0 Å². The maximum Gasteiger partial charge on any atom is 0.291 e. The molecule has 2 saturated heterocycles. The number of nitrogens with one attached hydrogen (secondary N) is 2. The molecule has 0 aliphatic carbocycles. The number of nitrogens with zero attached hydrogens (tertiary/aromatic N) is 3. The zero-order valence-corrected chi connectivity index (χ0v) is 21.6. The Hall–Kier alpha value is -3.78. The van der Waals surface area contributed by atoms with Crippen LogP contribution in [0.3, 0.4) is 0 Å². The van der Waals surface area contributed by atoms with Gasteiger partial charge in [0, 0.05) is 43.5 Å². The van der Waals surface area contributed by atoms with E-state index in [0.717, 1.165) is 57.8 Å². The first kappa shape index (κ1) is 24.9. The number of rotatable bonds is 6. The molecule has 2 aromatic carbocycles. The maximum atomic E-state index is 13.1. The molecule has 37 heavy (non-hydrogen) atoms. The molecule has 2 aliphatic rings. The summed E-state index contributed by atoms with van der Waals surface area (Å²) in [6, 6.07) is 17.5. The molecule has 0 saturated carbocycles. The van der Waals surface area contributed by atoms with Gasteiger partial charge < -0.3 is 29.8 Å². The number of hydrogen-bond donors (Lipinski definition) is 2. The molecule has 5 rings (SSSR count).